The molecule has 0 aliphatic heterocycles. The lowest BCUT2D eigenvalue weighted by Gasteiger charge is -2.03. The first-order chi connectivity index (χ1) is 7.26. The zero-order chi connectivity index (χ0) is 10.8. The molecule has 15 heavy (non-hydrogen) atoms. The number of pyridine rings is 1. The van der Waals surface area contributed by atoms with E-state index in [0.29, 0.717) is 0 Å². The monoisotopic (exact) mass is 203 g/mol. The molecule has 2 heterocycles. The number of aryl methyl sites for hydroxylation is 2. The minimum absolute atomic E-state index is 0.899. The van der Waals surface area contributed by atoms with E-state index in [9.17, 15) is 0 Å². The second kappa shape index (κ2) is 4.03. The number of hydrogen-bond acceptors (Lipinski definition) is 2. The van der Waals surface area contributed by atoms with Gasteiger partial charge in [0.05, 0.1) is 11.2 Å². The third kappa shape index (κ3) is 1.75. The summed E-state index contributed by atoms with van der Waals surface area (Å²) >= 11 is 0. The van der Waals surface area contributed by atoms with E-state index in [-0.39, 0.29) is 0 Å². The summed E-state index contributed by atoms with van der Waals surface area (Å²) in [5, 5.41) is 3.16. The molecule has 80 valence electrons. The van der Waals surface area contributed by atoms with Crippen molar-refractivity contribution < 1.29 is 0 Å². The van der Waals surface area contributed by atoms with Gasteiger partial charge in [-0.15, -0.1) is 0 Å². The summed E-state index contributed by atoms with van der Waals surface area (Å²) in [4.78, 5) is 4.55. The zero-order valence-corrected chi connectivity index (χ0v) is 9.54. The number of rotatable bonds is 3. The molecule has 0 radical (unpaired) electrons. The van der Waals surface area contributed by atoms with Crippen molar-refractivity contribution >= 4 is 5.52 Å². The summed E-state index contributed by atoms with van der Waals surface area (Å²) in [5.41, 5.74) is 3.62. The normalized spacial score (nSPS) is 11.1. The fourth-order valence-electron chi connectivity index (χ4n) is 1.92. The number of hydrogen-bond donors (Lipinski definition) is 1. The molecule has 0 amide bonds. The van der Waals surface area contributed by atoms with Gasteiger partial charge in [0.1, 0.15) is 5.82 Å². The predicted molar refractivity (Wildman–Crippen MR) is 62.1 cm³/mol. The minimum atomic E-state index is 0.899. The highest BCUT2D eigenvalue weighted by Gasteiger charge is 2.06. The largest absolute Gasteiger partial charge is 0.316 e. The first-order valence-corrected chi connectivity index (χ1v) is 5.37. The summed E-state index contributed by atoms with van der Waals surface area (Å²) in [6.07, 6.45) is 3.14. The van der Waals surface area contributed by atoms with Gasteiger partial charge in [0.25, 0.3) is 0 Å². The second-order valence-electron chi connectivity index (χ2n) is 3.79. The van der Waals surface area contributed by atoms with E-state index in [1.165, 1.54) is 11.1 Å². The van der Waals surface area contributed by atoms with Gasteiger partial charge in [0, 0.05) is 19.2 Å². The molecule has 3 nitrogen and oxygen atoms in total. The van der Waals surface area contributed by atoms with Crippen LogP contribution in [0.4, 0.5) is 0 Å². The Morgan fingerprint density at radius 3 is 2.87 bits per heavy atom. The van der Waals surface area contributed by atoms with Crippen molar-refractivity contribution in [1.29, 1.82) is 0 Å². The van der Waals surface area contributed by atoms with E-state index in [1.54, 1.807) is 0 Å². The maximum absolute atomic E-state index is 4.55. The Balaban J connectivity index is 2.58. The maximum atomic E-state index is 4.55. The molecule has 0 saturated heterocycles. The number of nitrogens with one attached hydrogen (secondary N) is 1. The van der Waals surface area contributed by atoms with Crippen LogP contribution in [0.1, 0.15) is 24.0 Å². The molecule has 0 aliphatic rings. The topological polar surface area (TPSA) is 29.3 Å². The van der Waals surface area contributed by atoms with E-state index in [4.69, 9.17) is 0 Å². The van der Waals surface area contributed by atoms with Gasteiger partial charge in [-0.1, -0.05) is 13.0 Å². The molecule has 0 fully saturated rings. The molecule has 0 bridgehead atoms. The van der Waals surface area contributed by atoms with E-state index in [2.05, 4.69) is 46.9 Å². The Kier molecular flexibility index (Phi) is 2.73. The summed E-state index contributed by atoms with van der Waals surface area (Å²) in [6.45, 7) is 5.10. The van der Waals surface area contributed by atoms with Crippen molar-refractivity contribution in [3.63, 3.8) is 0 Å². The van der Waals surface area contributed by atoms with Crippen LogP contribution >= 0.6 is 0 Å². The predicted octanol–water partition coefficient (Wildman–Crippen LogP) is 1.92. The highest BCUT2D eigenvalue weighted by atomic mass is 15.0. The molecular formula is C12H17N3. The second-order valence-corrected chi connectivity index (χ2v) is 3.79. The molecule has 0 aromatic carbocycles. The van der Waals surface area contributed by atoms with E-state index >= 15 is 0 Å². The van der Waals surface area contributed by atoms with E-state index in [0.717, 1.165) is 24.5 Å². The van der Waals surface area contributed by atoms with Crippen LogP contribution < -0.4 is 5.32 Å². The molecule has 0 unspecified atom stereocenters. The van der Waals surface area contributed by atoms with Gasteiger partial charge in [0.2, 0.25) is 0 Å². The zero-order valence-electron chi connectivity index (χ0n) is 9.54. The van der Waals surface area contributed by atoms with Gasteiger partial charge < -0.3 is 9.72 Å². The number of aromatic nitrogens is 2. The van der Waals surface area contributed by atoms with Crippen LogP contribution in [-0.2, 0) is 13.0 Å². The van der Waals surface area contributed by atoms with Gasteiger partial charge >= 0.3 is 0 Å². The van der Waals surface area contributed by atoms with Crippen LogP contribution in [0.25, 0.3) is 5.52 Å². The van der Waals surface area contributed by atoms with Crippen LogP contribution in [0, 0.1) is 6.92 Å². The smallest absolute Gasteiger partial charge is 0.113 e. The third-order valence-corrected chi connectivity index (χ3v) is 2.65. The van der Waals surface area contributed by atoms with Gasteiger partial charge in [0.15, 0.2) is 0 Å². The standard InChI is InChI=1S/C12H17N3/c1-4-12-14-9(2)11-6-5-10(7-13-3)8-15(11)12/h5-6,8,13H,4,7H2,1-3H3. The molecule has 1 N–H and O–H groups in total. The quantitative estimate of drug-likeness (QED) is 0.826. The molecule has 0 aliphatic carbocycles. The highest BCUT2D eigenvalue weighted by Crippen LogP contribution is 2.14. The average molecular weight is 203 g/mol. The van der Waals surface area contributed by atoms with Gasteiger partial charge in [-0.2, -0.15) is 0 Å². The molecular weight excluding hydrogens is 186 g/mol. The minimum Gasteiger partial charge on any atom is -0.316 e. The lowest BCUT2D eigenvalue weighted by molar-refractivity contribution is 0.806. The Morgan fingerprint density at radius 1 is 1.40 bits per heavy atom. The fourth-order valence-corrected chi connectivity index (χ4v) is 1.92. The number of nitrogens with zero attached hydrogens (tertiary/aromatic N) is 2. The maximum Gasteiger partial charge on any atom is 0.113 e. The molecule has 0 atom stereocenters. The Morgan fingerprint density at radius 2 is 2.20 bits per heavy atom. The lowest BCUT2D eigenvalue weighted by atomic mass is 10.2. The number of fused-ring (bicyclic) bond motifs is 1. The van der Waals surface area contributed by atoms with Crippen molar-refractivity contribution in [3.8, 4) is 0 Å². The molecule has 3 heteroatoms. The molecule has 2 aromatic rings. The molecule has 2 aromatic heterocycles. The lowest BCUT2D eigenvalue weighted by Crippen LogP contribution is -2.06. The van der Waals surface area contributed by atoms with Crippen molar-refractivity contribution in [2.45, 2.75) is 26.8 Å². The van der Waals surface area contributed by atoms with E-state index in [1.807, 2.05) is 7.05 Å². The van der Waals surface area contributed by atoms with Crippen LogP contribution in [0.5, 0.6) is 0 Å². The van der Waals surface area contributed by atoms with Crippen LogP contribution in [-0.4, -0.2) is 16.4 Å². The van der Waals surface area contributed by atoms with Crippen LogP contribution in [0.2, 0.25) is 0 Å². The van der Waals surface area contributed by atoms with Crippen LogP contribution in [0.3, 0.4) is 0 Å². The van der Waals surface area contributed by atoms with Gasteiger partial charge in [-0.25, -0.2) is 4.98 Å². The summed E-state index contributed by atoms with van der Waals surface area (Å²) in [6, 6.07) is 4.30. The van der Waals surface area contributed by atoms with Gasteiger partial charge in [-0.3, -0.25) is 0 Å². The van der Waals surface area contributed by atoms with Crippen molar-refractivity contribution in [2.24, 2.45) is 0 Å². The Bertz CT molecular complexity index is 471. The molecule has 0 spiro atoms. The number of imidazole rings is 1. The summed E-state index contributed by atoms with van der Waals surface area (Å²) < 4.78 is 2.20. The Labute approximate surface area is 90.1 Å². The molecule has 2 rings (SSSR count). The summed E-state index contributed by atoms with van der Waals surface area (Å²) in [5.74, 6) is 1.14. The van der Waals surface area contributed by atoms with Crippen LogP contribution in [0.15, 0.2) is 18.3 Å². The summed E-state index contributed by atoms with van der Waals surface area (Å²) in [7, 11) is 1.96. The van der Waals surface area contributed by atoms with Crippen molar-refractivity contribution in [3.05, 3.63) is 35.4 Å². The highest BCUT2D eigenvalue weighted by molar-refractivity contribution is 5.53. The fraction of sp³-hybridized carbons (Fsp3) is 0.417. The third-order valence-electron chi connectivity index (χ3n) is 2.65. The van der Waals surface area contributed by atoms with Crippen molar-refractivity contribution in [2.75, 3.05) is 7.05 Å². The molecule has 0 saturated carbocycles. The van der Waals surface area contributed by atoms with Crippen molar-refractivity contribution in [1.82, 2.24) is 14.7 Å². The first-order valence-electron chi connectivity index (χ1n) is 5.37. The van der Waals surface area contributed by atoms with Gasteiger partial charge in [-0.05, 0) is 25.6 Å². The average Bonchev–Trinajstić information content (AvgIpc) is 2.56. The Hall–Kier alpha value is -1.35. The first kappa shape index (κ1) is 10.2. The SMILES string of the molecule is CCc1nc(C)c2ccc(CNC)cn12. The van der Waals surface area contributed by atoms with E-state index < -0.39 is 0 Å².